The molecule has 1 aromatic heterocycles. The summed E-state index contributed by atoms with van der Waals surface area (Å²) in [6.45, 7) is 1.39. The predicted molar refractivity (Wildman–Crippen MR) is 77.4 cm³/mol. The van der Waals surface area contributed by atoms with E-state index in [1.165, 1.54) is 11.3 Å². The zero-order valence-electron chi connectivity index (χ0n) is 11.4. The first kappa shape index (κ1) is 12.9. The van der Waals surface area contributed by atoms with Crippen molar-refractivity contribution in [3.05, 3.63) is 60.1 Å². The third-order valence-electron chi connectivity index (χ3n) is 3.72. The Morgan fingerprint density at radius 3 is 2.75 bits per heavy atom. The van der Waals surface area contributed by atoms with E-state index in [9.17, 15) is 4.79 Å². The van der Waals surface area contributed by atoms with Gasteiger partial charge in [0.05, 0.1) is 12.7 Å². The molecule has 3 rings (SSSR count). The maximum atomic E-state index is 12.1. The topological polar surface area (TPSA) is 33.2 Å². The van der Waals surface area contributed by atoms with E-state index in [0.717, 1.165) is 25.8 Å². The van der Waals surface area contributed by atoms with Crippen LogP contribution in [0.2, 0.25) is 0 Å². The fourth-order valence-electron chi connectivity index (χ4n) is 2.70. The van der Waals surface area contributed by atoms with Crippen molar-refractivity contribution in [1.29, 1.82) is 0 Å². The number of carbonyl (C=O) groups is 1. The summed E-state index contributed by atoms with van der Waals surface area (Å²) in [4.78, 5) is 12.1. The molecule has 0 N–H and O–H groups in total. The molecular formula is C17H18NO2+. The highest BCUT2D eigenvalue weighted by molar-refractivity contribution is 5.95. The molecule has 3 nitrogen and oxygen atoms in total. The van der Waals surface area contributed by atoms with Crippen LogP contribution in [0.3, 0.4) is 0 Å². The van der Waals surface area contributed by atoms with Crippen LogP contribution in [0.15, 0.2) is 53.1 Å². The second-order valence-corrected chi connectivity index (χ2v) is 5.15. The van der Waals surface area contributed by atoms with E-state index >= 15 is 0 Å². The minimum Gasteiger partial charge on any atom is -0.461 e. The van der Waals surface area contributed by atoms with Crippen LogP contribution in [-0.4, -0.2) is 29.2 Å². The molecule has 2 aromatic rings. The second-order valence-electron chi connectivity index (χ2n) is 5.15. The van der Waals surface area contributed by atoms with Gasteiger partial charge in [0.15, 0.2) is 11.5 Å². The van der Waals surface area contributed by atoms with Crippen LogP contribution in [0.4, 0.5) is 0 Å². The van der Waals surface area contributed by atoms with Gasteiger partial charge in [-0.1, -0.05) is 30.3 Å². The number of benzene rings is 1. The van der Waals surface area contributed by atoms with Crippen molar-refractivity contribution in [2.24, 2.45) is 0 Å². The van der Waals surface area contributed by atoms with Crippen molar-refractivity contribution in [2.75, 3.05) is 13.1 Å². The van der Waals surface area contributed by atoms with Gasteiger partial charge in [-0.2, -0.15) is 0 Å². The third-order valence-corrected chi connectivity index (χ3v) is 3.72. The van der Waals surface area contributed by atoms with E-state index < -0.39 is 0 Å². The average Bonchev–Trinajstić information content (AvgIpc) is 3.12. The first-order chi connectivity index (χ1) is 9.83. The van der Waals surface area contributed by atoms with Crippen LogP contribution in [0.1, 0.15) is 29.0 Å². The highest BCUT2D eigenvalue weighted by Crippen LogP contribution is 2.12. The molecule has 0 saturated carbocycles. The lowest BCUT2D eigenvalue weighted by Crippen LogP contribution is -2.24. The number of nitrogens with zero attached hydrogens (tertiary/aromatic N) is 1. The standard InChI is InChI=1S/C17H18NO2/c19-16(17-9-5-11-20-17)13-18-10-4-8-15(18)12-14-6-2-1-3-7-14/h1-3,5-7,9,11H,4,8,10,12-13H2/q+1. The molecule has 0 aliphatic carbocycles. The molecule has 3 heteroatoms. The van der Waals surface area contributed by atoms with Crippen LogP contribution in [0, 0.1) is 0 Å². The van der Waals surface area contributed by atoms with Gasteiger partial charge in [-0.3, -0.25) is 4.79 Å². The Bertz CT molecular complexity index is 612. The Kier molecular flexibility index (Phi) is 3.77. The van der Waals surface area contributed by atoms with Gasteiger partial charge in [-0.05, 0) is 17.7 Å². The summed E-state index contributed by atoms with van der Waals surface area (Å²) < 4.78 is 7.38. The van der Waals surface area contributed by atoms with E-state index in [0.29, 0.717) is 12.3 Å². The Labute approximate surface area is 118 Å². The fraction of sp³-hybridized carbons (Fsp3) is 0.294. The van der Waals surface area contributed by atoms with Gasteiger partial charge >= 0.3 is 0 Å². The van der Waals surface area contributed by atoms with Crippen LogP contribution in [-0.2, 0) is 6.42 Å². The Morgan fingerprint density at radius 2 is 2.00 bits per heavy atom. The zero-order chi connectivity index (χ0) is 13.8. The number of rotatable bonds is 5. The SMILES string of the molecule is O=C(C[N+]1=C(Cc2ccccc2)CCC1)c1ccco1. The Balaban J connectivity index is 1.73. The summed E-state index contributed by atoms with van der Waals surface area (Å²) in [6, 6.07) is 13.9. The first-order valence-corrected chi connectivity index (χ1v) is 7.03. The monoisotopic (exact) mass is 268 g/mol. The summed E-state index contributed by atoms with van der Waals surface area (Å²) in [7, 11) is 0. The molecule has 0 fully saturated rings. The molecular weight excluding hydrogens is 250 g/mol. The molecule has 1 aliphatic heterocycles. The lowest BCUT2D eigenvalue weighted by molar-refractivity contribution is -0.507. The van der Waals surface area contributed by atoms with Crippen LogP contribution < -0.4 is 0 Å². The minimum atomic E-state index is 0.0578. The lowest BCUT2D eigenvalue weighted by Gasteiger charge is -2.02. The maximum Gasteiger partial charge on any atom is 0.261 e. The van der Waals surface area contributed by atoms with Crippen LogP contribution in [0.25, 0.3) is 0 Å². The van der Waals surface area contributed by atoms with E-state index in [1.807, 2.05) is 6.07 Å². The van der Waals surface area contributed by atoms with E-state index in [2.05, 4.69) is 28.8 Å². The van der Waals surface area contributed by atoms with E-state index in [1.54, 1.807) is 18.4 Å². The Hall–Kier alpha value is -2.16. The first-order valence-electron chi connectivity index (χ1n) is 7.03. The minimum absolute atomic E-state index is 0.0578. The molecule has 0 unspecified atom stereocenters. The van der Waals surface area contributed by atoms with Gasteiger partial charge in [0.2, 0.25) is 6.54 Å². The smallest absolute Gasteiger partial charge is 0.261 e. The molecule has 102 valence electrons. The predicted octanol–water partition coefficient (Wildman–Crippen LogP) is 2.95. The van der Waals surface area contributed by atoms with Crippen molar-refractivity contribution in [2.45, 2.75) is 19.3 Å². The quantitative estimate of drug-likeness (QED) is 0.617. The van der Waals surface area contributed by atoms with Crippen molar-refractivity contribution in [3.8, 4) is 0 Å². The zero-order valence-corrected chi connectivity index (χ0v) is 11.4. The van der Waals surface area contributed by atoms with Gasteiger partial charge < -0.3 is 4.42 Å². The second kappa shape index (κ2) is 5.87. The van der Waals surface area contributed by atoms with Gasteiger partial charge in [0, 0.05) is 12.8 Å². The normalized spacial score (nSPS) is 14.8. The number of furan rings is 1. The van der Waals surface area contributed by atoms with Gasteiger partial charge in [-0.25, -0.2) is 4.58 Å². The van der Waals surface area contributed by atoms with Crippen molar-refractivity contribution < 1.29 is 13.8 Å². The number of ketones is 1. The van der Waals surface area contributed by atoms with E-state index in [4.69, 9.17) is 4.42 Å². The molecule has 1 aliphatic rings. The molecule has 0 spiro atoms. The van der Waals surface area contributed by atoms with E-state index in [-0.39, 0.29) is 5.78 Å². The Morgan fingerprint density at radius 1 is 1.15 bits per heavy atom. The molecule has 0 radical (unpaired) electrons. The molecule has 20 heavy (non-hydrogen) atoms. The van der Waals surface area contributed by atoms with Gasteiger partial charge in [-0.15, -0.1) is 0 Å². The highest BCUT2D eigenvalue weighted by Gasteiger charge is 2.25. The summed E-state index contributed by atoms with van der Waals surface area (Å²) in [6.07, 6.45) is 4.70. The molecule has 0 bridgehead atoms. The van der Waals surface area contributed by atoms with Crippen LogP contribution >= 0.6 is 0 Å². The molecule has 0 saturated heterocycles. The third kappa shape index (κ3) is 2.87. The molecule has 0 amide bonds. The molecule has 2 heterocycles. The number of Topliss-reactive ketones (excluding diaryl/α,β-unsaturated/α-hetero) is 1. The van der Waals surface area contributed by atoms with Crippen molar-refractivity contribution >= 4 is 11.5 Å². The van der Waals surface area contributed by atoms with Crippen LogP contribution in [0.5, 0.6) is 0 Å². The number of hydrogen-bond acceptors (Lipinski definition) is 2. The summed E-state index contributed by atoms with van der Waals surface area (Å²) in [5.74, 6) is 0.512. The largest absolute Gasteiger partial charge is 0.461 e. The summed E-state index contributed by atoms with van der Waals surface area (Å²) in [5, 5.41) is 0. The van der Waals surface area contributed by atoms with Gasteiger partial charge in [0.25, 0.3) is 5.78 Å². The van der Waals surface area contributed by atoms with Crippen molar-refractivity contribution in [1.82, 2.24) is 0 Å². The molecule has 0 atom stereocenters. The summed E-state index contributed by atoms with van der Waals surface area (Å²) in [5.41, 5.74) is 2.66. The summed E-state index contributed by atoms with van der Waals surface area (Å²) >= 11 is 0. The number of carbonyl (C=O) groups excluding carboxylic acids is 1. The lowest BCUT2D eigenvalue weighted by atomic mass is 10.1. The number of hydrogen-bond donors (Lipinski definition) is 0. The van der Waals surface area contributed by atoms with Gasteiger partial charge in [0.1, 0.15) is 6.54 Å². The van der Waals surface area contributed by atoms with Crippen molar-refractivity contribution in [3.63, 3.8) is 0 Å². The average molecular weight is 268 g/mol. The molecule has 1 aromatic carbocycles. The maximum absolute atomic E-state index is 12.1. The fourth-order valence-corrected chi connectivity index (χ4v) is 2.70. The highest BCUT2D eigenvalue weighted by atomic mass is 16.3.